The highest BCUT2D eigenvalue weighted by molar-refractivity contribution is 9.10. The number of ether oxygens (including phenoxy) is 1. The summed E-state index contributed by atoms with van der Waals surface area (Å²) in [4.78, 5) is 10.3. The first-order valence-electron chi connectivity index (χ1n) is 5.94. The lowest BCUT2D eigenvalue weighted by atomic mass is 10.1. The molecular weight excluding hydrogens is 324 g/mol. The van der Waals surface area contributed by atoms with Gasteiger partial charge in [0.05, 0.1) is 11.0 Å². The van der Waals surface area contributed by atoms with Gasteiger partial charge in [-0.15, -0.1) is 0 Å². The van der Waals surface area contributed by atoms with Crippen LogP contribution >= 0.6 is 15.9 Å². The summed E-state index contributed by atoms with van der Waals surface area (Å²) < 4.78 is 6.61. The van der Waals surface area contributed by atoms with Crippen LogP contribution in [0, 0.1) is 10.1 Å². The standard InChI is InChI=1S/C14H13BrN2O3/c1-9(16)13-7-10(15)5-6-14(13)20-12-4-2-3-11(8-12)17(18)19/h2-9H,16H2,1H3. The molecule has 5 nitrogen and oxygen atoms in total. The van der Waals surface area contributed by atoms with Gasteiger partial charge in [0.25, 0.3) is 5.69 Å². The van der Waals surface area contributed by atoms with Crippen molar-refractivity contribution in [2.24, 2.45) is 5.73 Å². The average molecular weight is 337 g/mol. The molecule has 0 fully saturated rings. The Morgan fingerprint density at radius 1 is 1.30 bits per heavy atom. The number of benzene rings is 2. The van der Waals surface area contributed by atoms with E-state index in [4.69, 9.17) is 10.5 Å². The highest BCUT2D eigenvalue weighted by Crippen LogP contribution is 2.32. The van der Waals surface area contributed by atoms with E-state index in [-0.39, 0.29) is 11.7 Å². The van der Waals surface area contributed by atoms with Crippen LogP contribution in [0.25, 0.3) is 0 Å². The van der Waals surface area contributed by atoms with Crippen molar-refractivity contribution in [1.29, 1.82) is 0 Å². The number of hydrogen-bond acceptors (Lipinski definition) is 4. The summed E-state index contributed by atoms with van der Waals surface area (Å²) in [6, 6.07) is 11.3. The molecule has 104 valence electrons. The van der Waals surface area contributed by atoms with Gasteiger partial charge >= 0.3 is 0 Å². The molecule has 0 amide bonds. The molecule has 20 heavy (non-hydrogen) atoms. The number of rotatable bonds is 4. The number of non-ortho nitro benzene ring substituents is 1. The Bertz CT molecular complexity index is 644. The van der Waals surface area contributed by atoms with Gasteiger partial charge in [0.15, 0.2) is 0 Å². The van der Waals surface area contributed by atoms with Crippen LogP contribution in [0.3, 0.4) is 0 Å². The third-order valence-corrected chi connectivity index (χ3v) is 3.21. The second-order valence-corrected chi connectivity index (χ2v) is 5.24. The van der Waals surface area contributed by atoms with Crippen molar-refractivity contribution in [1.82, 2.24) is 0 Å². The molecule has 1 unspecified atom stereocenters. The molecule has 2 N–H and O–H groups in total. The number of nitro groups is 1. The Morgan fingerprint density at radius 2 is 2.05 bits per heavy atom. The minimum Gasteiger partial charge on any atom is -0.457 e. The van der Waals surface area contributed by atoms with Crippen molar-refractivity contribution >= 4 is 21.6 Å². The molecule has 0 saturated carbocycles. The first kappa shape index (κ1) is 14.5. The molecule has 0 spiro atoms. The van der Waals surface area contributed by atoms with Crippen LogP contribution in [-0.4, -0.2) is 4.92 Å². The van der Waals surface area contributed by atoms with E-state index in [0.29, 0.717) is 11.5 Å². The number of nitrogens with two attached hydrogens (primary N) is 1. The summed E-state index contributed by atoms with van der Waals surface area (Å²) in [6.07, 6.45) is 0. The minimum absolute atomic E-state index is 0.0121. The number of halogens is 1. The zero-order chi connectivity index (χ0) is 14.7. The smallest absolute Gasteiger partial charge is 0.273 e. The Balaban J connectivity index is 2.35. The van der Waals surface area contributed by atoms with Crippen molar-refractivity contribution in [3.8, 4) is 11.5 Å². The fraction of sp³-hybridized carbons (Fsp3) is 0.143. The van der Waals surface area contributed by atoms with Crippen LogP contribution in [0.2, 0.25) is 0 Å². The molecule has 0 aliphatic heterocycles. The second-order valence-electron chi connectivity index (χ2n) is 4.33. The van der Waals surface area contributed by atoms with E-state index in [0.717, 1.165) is 10.0 Å². The molecule has 2 rings (SSSR count). The molecular formula is C14H13BrN2O3. The van der Waals surface area contributed by atoms with Crippen molar-refractivity contribution in [3.05, 3.63) is 62.6 Å². The normalized spacial score (nSPS) is 11.9. The largest absolute Gasteiger partial charge is 0.457 e. The molecule has 0 saturated heterocycles. The fourth-order valence-electron chi connectivity index (χ4n) is 1.76. The molecule has 0 aromatic heterocycles. The lowest BCUT2D eigenvalue weighted by Crippen LogP contribution is -2.06. The van der Waals surface area contributed by atoms with Gasteiger partial charge in [-0.25, -0.2) is 0 Å². The monoisotopic (exact) mass is 336 g/mol. The van der Waals surface area contributed by atoms with E-state index < -0.39 is 4.92 Å². The van der Waals surface area contributed by atoms with E-state index >= 15 is 0 Å². The van der Waals surface area contributed by atoms with Crippen LogP contribution < -0.4 is 10.5 Å². The molecule has 0 aliphatic rings. The predicted octanol–water partition coefficient (Wildman–Crippen LogP) is 4.17. The molecule has 2 aromatic rings. The van der Waals surface area contributed by atoms with Gasteiger partial charge in [0.2, 0.25) is 0 Å². The van der Waals surface area contributed by atoms with Gasteiger partial charge in [0, 0.05) is 22.1 Å². The number of nitro benzene ring substituents is 1. The van der Waals surface area contributed by atoms with Crippen molar-refractivity contribution < 1.29 is 9.66 Å². The zero-order valence-electron chi connectivity index (χ0n) is 10.7. The molecule has 6 heteroatoms. The van der Waals surface area contributed by atoms with Crippen molar-refractivity contribution in [3.63, 3.8) is 0 Å². The van der Waals surface area contributed by atoms with Crippen LogP contribution in [0.5, 0.6) is 11.5 Å². The third-order valence-electron chi connectivity index (χ3n) is 2.72. The molecule has 0 heterocycles. The van der Waals surface area contributed by atoms with E-state index in [2.05, 4.69) is 15.9 Å². The van der Waals surface area contributed by atoms with Crippen LogP contribution in [0.1, 0.15) is 18.5 Å². The quantitative estimate of drug-likeness (QED) is 0.671. The van der Waals surface area contributed by atoms with E-state index in [1.54, 1.807) is 18.2 Å². The molecule has 1 atom stereocenters. The van der Waals surface area contributed by atoms with Gasteiger partial charge in [0.1, 0.15) is 11.5 Å². The van der Waals surface area contributed by atoms with Gasteiger partial charge < -0.3 is 10.5 Å². The summed E-state index contributed by atoms with van der Waals surface area (Å²) >= 11 is 3.38. The Hall–Kier alpha value is -1.92. The summed E-state index contributed by atoms with van der Waals surface area (Å²) in [7, 11) is 0. The number of nitrogens with zero attached hydrogens (tertiary/aromatic N) is 1. The van der Waals surface area contributed by atoms with Crippen molar-refractivity contribution in [2.45, 2.75) is 13.0 Å². The summed E-state index contributed by atoms with van der Waals surface area (Å²) in [5.74, 6) is 0.993. The van der Waals surface area contributed by atoms with Gasteiger partial charge in [-0.2, -0.15) is 0 Å². The van der Waals surface area contributed by atoms with Gasteiger partial charge in [-0.1, -0.05) is 22.0 Å². The molecule has 2 aromatic carbocycles. The lowest BCUT2D eigenvalue weighted by molar-refractivity contribution is -0.384. The summed E-state index contributed by atoms with van der Waals surface area (Å²) in [6.45, 7) is 1.85. The Labute approximate surface area is 124 Å². The summed E-state index contributed by atoms with van der Waals surface area (Å²) in [5, 5.41) is 10.7. The molecule has 0 aliphatic carbocycles. The SMILES string of the molecule is CC(N)c1cc(Br)ccc1Oc1cccc([N+](=O)[O-])c1. The van der Waals surface area contributed by atoms with Crippen LogP contribution in [0.15, 0.2) is 46.9 Å². The molecule has 0 radical (unpaired) electrons. The lowest BCUT2D eigenvalue weighted by Gasteiger charge is -2.14. The van der Waals surface area contributed by atoms with Crippen molar-refractivity contribution in [2.75, 3.05) is 0 Å². The highest BCUT2D eigenvalue weighted by Gasteiger charge is 2.12. The first-order chi connectivity index (χ1) is 9.47. The van der Waals surface area contributed by atoms with Gasteiger partial charge in [-0.3, -0.25) is 10.1 Å². The third kappa shape index (κ3) is 3.34. The maximum atomic E-state index is 10.7. The fourth-order valence-corrected chi connectivity index (χ4v) is 2.13. The predicted molar refractivity (Wildman–Crippen MR) is 79.9 cm³/mol. The zero-order valence-corrected chi connectivity index (χ0v) is 12.3. The maximum absolute atomic E-state index is 10.7. The highest BCUT2D eigenvalue weighted by atomic mass is 79.9. The van der Waals surface area contributed by atoms with Crippen LogP contribution in [-0.2, 0) is 0 Å². The van der Waals surface area contributed by atoms with E-state index in [1.807, 2.05) is 19.1 Å². The first-order valence-corrected chi connectivity index (χ1v) is 6.74. The topological polar surface area (TPSA) is 78.4 Å². The minimum atomic E-state index is -0.457. The second kappa shape index (κ2) is 6.02. The van der Waals surface area contributed by atoms with Crippen LogP contribution in [0.4, 0.5) is 5.69 Å². The molecule has 0 bridgehead atoms. The van der Waals surface area contributed by atoms with E-state index in [1.165, 1.54) is 12.1 Å². The Kier molecular flexibility index (Phi) is 4.36. The van der Waals surface area contributed by atoms with E-state index in [9.17, 15) is 10.1 Å². The average Bonchev–Trinajstić information content (AvgIpc) is 2.41. The maximum Gasteiger partial charge on any atom is 0.273 e. The van der Waals surface area contributed by atoms with Gasteiger partial charge in [-0.05, 0) is 31.2 Å². The number of hydrogen-bond donors (Lipinski definition) is 1. The summed E-state index contributed by atoms with van der Waals surface area (Å²) in [5.41, 5.74) is 6.72. The Morgan fingerprint density at radius 3 is 2.70 bits per heavy atom.